The topological polar surface area (TPSA) is 58.2 Å². The number of carbonyl (C=O) groups excluding carboxylic acids is 2. The predicted molar refractivity (Wildman–Crippen MR) is 93.5 cm³/mol. The van der Waals surface area contributed by atoms with Crippen molar-refractivity contribution < 1.29 is 22.8 Å². The highest BCUT2D eigenvalue weighted by atomic mass is 35.5. The van der Waals surface area contributed by atoms with Gasteiger partial charge in [0.05, 0.1) is 0 Å². The monoisotopic (exact) mass is 382 g/mol. The maximum atomic E-state index is 12.2. The van der Waals surface area contributed by atoms with E-state index in [1.807, 2.05) is 0 Å². The summed E-state index contributed by atoms with van der Waals surface area (Å²) in [5.74, 6) is -2.43. The minimum Gasteiger partial charge on any atom is -0.344 e. The van der Waals surface area contributed by atoms with Gasteiger partial charge >= 0.3 is 12.1 Å². The van der Waals surface area contributed by atoms with Gasteiger partial charge in [0.25, 0.3) is 0 Å². The zero-order valence-electron chi connectivity index (χ0n) is 13.3. The molecule has 0 aliphatic carbocycles. The zero-order chi connectivity index (χ0) is 19.2. The van der Waals surface area contributed by atoms with E-state index in [1.54, 1.807) is 47.8 Å². The summed E-state index contributed by atoms with van der Waals surface area (Å²) in [5.41, 5.74) is 1.56. The maximum absolute atomic E-state index is 12.2. The molecule has 0 fully saturated rings. The lowest BCUT2D eigenvalue weighted by Gasteiger charge is -2.09. The fourth-order valence-corrected chi connectivity index (χ4v) is 2.21. The van der Waals surface area contributed by atoms with Crippen LogP contribution in [0.5, 0.6) is 0 Å². The second kappa shape index (κ2) is 8.53. The molecule has 2 rings (SSSR count). The predicted octanol–water partition coefficient (Wildman–Crippen LogP) is 4.17. The van der Waals surface area contributed by atoms with Gasteiger partial charge in [-0.1, -0.05) is 35.9 Å². The van der Waals surface area contributed by atoms with Gasteiger partial charge in [-0.3, -0.25) is 9.59 Å². The van der Waals surface area contributed by atoms with Crippen LogP contribution in [0.15, 0.2) is 54.6 Å². The number of halogens is 4. The lowest BCUT2D eigenvalue weighted by Crippen LogP contribution is -2.36. The Kier molecular flexibility index (Phi) is 6.41. The van der Waals surface area contributed by atoms with E-state index in [0.717, 1.165) is 5.56 Å². The Morgan fingerprint density at radius 2 is 1.81 bits per heavy atom. The average molecular weight is 383 g/mol. The minimum absolute atomic E-state index is 0.305. The van der Waals surface area contributed by atoms with Crippen molar-refractivity contribution in [2.75, 3.05) is 5.32 Å². The molecule has 8 heteroatoms. The lowest BCUT2D eigenvalue weighted by molar-refractivity contribution is -0.173. The number of hydrogen-bond acceptors (Lipinski definition) is 2. The van der Waals surface area contributed by atoms with E-state index >= 15 is 0 Å². The van der Waals surface area contributed by atoms with E-state index in [2.05, 4.69) is 5.32 Å². The SMILES string of the molecule is O=C(/C=C/c1cccc(Cl)c1)Nc1cccc(CNC(=O)C(F)(F)F)c1. The first-order valence-electron chi connectivity index (χ1n) is 7.42. The summed E-state index contributed by atoms with van der Waals surface area (Å²) in [6.45, 7) is -0.305. The van der Waals surface area contributed by atoms with Crippen molar-refractivity contribution in [3.05, 3.63) is 70.8 Å². The Bertz CT molecular complexity index is 835. The molecule has 0 radical (unpaired) electrons. The zero-order valence-corrected chi connectivity index (χ0v) is 14.1. The molecule has 0 atom stereocenters. The number of anilines is 1. The van der Waals surface area contributed by atoms with E-state index < -0.39 is 18.0 Å². The van der Waals surface area contributed by atoms with Gasteiger partial charge in [0, 0.05) is 23.3 Å². The lowest BCUT2D eigenvalue weighted by atomic mass is 10.2. The first-order valence-corrected chi connectivity index (χ1v) is 7.80. The van der Waals surface area contributed by atoms with Crippen LogP contribution in [-0.4, -0.2) is 18.0 Å². The molecule has 0 bridgehead atoms. The van der Waals surface area contributed by atoms with Crippen LogP contribution in [0.1, 0.15) is 11.1 Å². The summed E-state index contributed by atoms with van der Waals surface area (Å²) >= 11 is 5.85. The third-order valence-corrected chi connectivity index (χ3v) is 3.42. The van der Waals surface area contributed by atoms with Crippen molar-refractivity contribution in [1.29, 1.82) is 0 Å². The van der Waals surface area contributed by atoms with Gasteiger partial charge in [-0.2, -0.15) is 13.2 Å². The van der Waals surface area contributed by atoms with Crippen LogP contribution < -0.4 is 10.6 Å². The molecule has 136 valence electrons. The number of hydrogen-bond donors (Lipinski definition) is 2. The Morgan fingerprint density at radius 3 is 2.50 bits per heavy atom. The Morgan fingerprint density at radius 1 is 1.08 bits per heavy atom. The van der Waals surface area contributed by atoms with Crippen LogP contribution >= 0.6 is 11.6 Å². The molecule has 0 aliphatic heterocycles. The highest BCUT2D eigenvalue weighted by molar-refractivity contribution is 6.30. The highest BCUT2D eigenvalue weighted by Gasteiger charge is 2.38. The van der Waals surface area contributed by atoms with E-state index in [1.165, 1.54) is 18.2 Å². The van der Waals surface area contributed by atoms with E-state index in [4.69, 9.17) is 11.6 Å². The smallest absolute Gasteiger partial charge is 0.344 e. The molecule has 2 aromatic rings. The summed E-state index contributed by atoms with van der Waals surface area (Å²) in [6.07, 6.45) is -2.05. The number of alkyl halides is 3. The second-order valence-electron chi connectivity index (χ2n) is 5.26. The molecule has 2 aromatic carbocycles. The van der Waals surface area contributed by atoms with E-state index in [0.29, 0.717) is 16.3 Å². The molecule has 26 heavy (non-hydrogen) atoms. The Labute approximate surface area is 152 Å². The fourth-order valence-electron chi connectivity index (χ4n) is 2.01. The van der Waals surface area contributed by atoms with Crippen molar-refractivity contribution in [1.82, 2.24) is 5.32 Å². The van der Waals surface area contributed by atoms with Crippen molar-refractivity contribution in [3.8, 4) is 0 Å². The molecule has 2 amide bonds. The van der Waals surface area contributed by atoms with Gasteiger partial charge in [-0.15, -0.1) is 0 Å². The number of benzene rings is 2. The molecule has 0 spiro atoms. The second-order valence-corrected chi connectivity index (χ2v) is 5.69. The molecular formula is C18H14ClF3N2O2. The summed E-state index contributed by atoms with van der Waals surface area (Å²) in [4.78, 5) is 22.8. The summed E-state index contributed by atoms with van der Waals surface area (Å²) in [6, 6.07) is 13.1. The molecular weight excluding hydrogens is 369 g/mol. The molecule has 0 aromatic heterocycles. The molecule has 4 nitrogen and oxygen atoms in total. The van der Waals surface area contributed by atoms with Crippen LogP contribution in [0.3, 0.4) is 0 Å². The van der Waals surface area contributed by atoms with Crippen LogP contribution in [0.4, 0.5) is 18.9 Å². The highest BCUT2D eigenvalue weighted by Crippen LogP contribution is 2.16. The van der Waals surface area contributed by atoms with Crippen molar-refractivity contribution in [2.45, 2.75) is 12.7 Å². The van der Waals surface area contributed by atoms with E-state index in [9.17, 15) is 22.8 Å². The number of carbonyl (C=O) groups is 2. The summed E-state index contributed by atoms with van der Waals surface area (Å²) < 4.78 is 36.5. The van der Waals surface area contributed by atoms with Gasteiger partial charge in [-0.25, -0.2) is 0 Å². The van der Waals surface area contributed by atoms with Gasteiger partial charge in [0.1, 0.15) is 0 Å². The molecule has 0 saturated carbocycles. The fraction of sp³-hybridized carbons (Fsp3) is 0.111. The third-order valence-electron chi connectivity index (χ3n) is 3.18. The first kappa shape index (κ1) is 19.5. The largest absolute Gasteiger partial charge is 0.471 e. The standard InChI is InChI=1S/C18H14ClF3N2O2/c19-14-5-1-3-12(9-14)7-8-16(25)24-15-6-2-4-13(10-15)11-23-17(26)18(20,21)22/h1-10H,11H2,(H,23,26)(H,24,25)/b8-7+. The Balaban J connectivity index is 1.95. The molecule has 0 heterocycles. The Hall–Kier alpha value is -2.80. The number of amides is 2. The van der Waals surface area contributed by atoms with Crippen molar-refractivity contribution in [3.63, 3.8) is 0 Å². The first-order chi connectivity index (χ1) is 12.2. The quantitative estimate of drug-likeness (QED) is 0.762. The summed E-state index contributed by atoms with van der Waals surface area (Å²) in [7, 11) is 0. The molecule has 0 aliphatic rings. The van der Waals surface area contributed by atoms with Gasteiger partial charge in [0.15, 0.2) is 0 Å². The number of rotatable bonds is 5. The van der Waals surface area contributed by atoms with Crippen LogP contribution in [0.25, 0.3) is 6.08 Å². The van der Waals surface area contributed by atoms with Crippen LogP contribution in [-0.2, 0) is 16.1 Å². The normalized spacial score (nSPS) is 11.4. The van der Waals surface area contributed by atoms with Crippen molar-refractivity contribution >= 4 is 35.2 Å². The van der Waals surface area contributed by atoms with Gasteiger partial charge in [0.2, 0.25) is 5.91 Å². The van der Waals surface area contributed by atoms with Crippen LogP contribution in [0.2, 0.25) is 5.02 Å². The molecule has 0 saturated heterocycles. The van der Waals surface area contributed by atoms with Crippen LogP contribution in [0, 0.1) is 0 Å². The molecule has 2 N–H and O–H groups in total. The minimum atomic E-state index is -4.93. The average Bonchev–Trinajstić information content (AvgIpc) is 2.57. The molecule has 0 unspecified atom stereocenters. The maximum Gasteiger partial charge on any atom is 0.471 e. The number of nitrogens with one attached hydrogen (secondary N) is 2. The van der Waals surface area contributed by atoms with E-state index in [-0.39, 0.29) is 6.54 Å². The van der Waals surface area contributed by atoms with Gasteiger partial charge in [-0.05, 0) is 41.5 Å². The third kappa shape index (κ3) is 6.25. The van der Waals surface area contributed by atoms with Crippen molar-refractivity contribution in [2.24, 2.45) is 0 Å². The van der Waals surface area contributed by atoms with Gasteiger partial charge < -0.3 is 10.6 Å². The summed E-state index contributed by atoms with van der Waals surface area (Å²) in [5, 5.41) is 4.90.